The molecular formula is C9H10N2O. The number of allylic oxidation sites excluding steroid dienone is 2. The van der Waals surface area contributed by atoms with Crippen molar-refractivity contribution >= 4 is 5.91 Å². The zero-order valence-corrected chi connectivity index (χ0v) is 6.90. The van der Waals surface area contributed by atoms with Crippen molar-refractivity contribution in [2.45, 2.75) is 6.92 Å². The molecule has 0 saturated carbocycles. The Kier molecular flexibility index (Phi) is 1.50. The van der Waals surface area contributed by atoms with Crippen molar-refractivity contribution < 1.29 is 4.79 Å². The molecule has 0 N–H and O–H groups in total. The van der Waals surface area contributed by atoms with Crippen LogP contribution in [0.2, 0.25) is 0 Å². The Hall–Kier alpha value is -1.51. The summed E-state index contributed by atoms with van der Waals surface area (Å²) >= 11 is 0. The number of carbonyl (C=O) groups is 1. The summed E-state index contributed by atoms with van der Waals surface area (Å²) in [7, 11) is 0. The van der Waals surface area contributed by atoms with E-state index in [2.05, 4.69) is 6.08 Å². The molecule has 1 amide bonds. The van der Waals surface area contributed by atoms with Crippen LogP contribution in [0, 0.1) is 0 Å². The van der Waals surface area contributed by atoms with Gasteiger partial charge in [-0.25, -0.2) is 0 Å². The van der Waals surface area contributed by atoms with Crippen molar-refractivity contribution in [1.29, 1.82) is 0 Å². The summed E-state index contributed by atoms with van der Waals surface area (Å²) in [6.45, 7) is 2.42. The lowest BCUT2D eigenvalue weighted by atomic mass is 10.3. The standard InChI is InChI=1S/C9H10N2O/c1-8(12)11-7-6-10-5-3-2-4-9(10)11/h2-4,6-7H,5H2,1H3. The van der Waals surface area contributed by atoms with Crippen LogP contribution in [0.1, 0.15) is 6.92 Å². The van der Waals surface area contributed by atoms with Crippen molar-refractivity contribution in [1.82, 2.24) is 9.80 Å². The van der Waals surface area contributed by atoms with E-state index in [1.165, 1.54) is 0 Å². The van der Waals surface area contributed by atoms with Crippen molar-refractivity contribution in [3.63, 3.8) is 0 Å². The molecule has 2 aliphatic rings. The average Bonchev–Trinajstić information content (AvgIpc) is 2.47. The SMILES string of the molecule is CC(=O)N1C=CN2CC=CC=C21. The first-order chi connectivity index (χ1) is 5.79. The van der Waals surface area contributed by atoms with Gasteiger partial charge in [-0.15, -0.1) is 0 Å². The van der Waals surface area contributed by atoms with E-state index >= 15 is 0 Å². The van der Waals surface area contributed by atoms with E-state index in [0.29, 0.717) is 0 Å². The van der Waals surface area contributed by atoms with Crippen molar-refractivity contribution in [2.75, 3.05) is 6.54 Å². The molecule has 0 saturated heterocycles. The lowest BCUT2D eigenvalue weighted by Crippen LogP contribution is -2.27. The number of fused-ring (bicyclic) bond motifs is 1. The molecule has 0 atom stereocenters. The van der Waals surface area contributed by atoms with Gasteiger partial charge < -0.3 is 4.90 Å². The van der Waals surface area contributed by atoms with Crippen LogP contribution in [-0.2, 0) is 4.79 Å². The number of rotatable bonds is 0. The molecule has 0 spiro atoms. The summed E-state index contributed by atoms with van der Waals surface area (Å²) in [5, 5.41) is 0. The Morgan fingerprint density at radius 2 is 2.33 bits per heavy atom. The third-order valence-corrected chi connectivity index (χ3v) is 1.96. The second kappa shape index (κ2) is 2.52. The second-order valence-electron chi connectivity index (χ2n) is 2.79. The maximum atomic E-state index is 11.1. The number of carbonyl (C=O) groups excluding carboxylic acids is 1. The summed E-state index contributed by atoms with van der Waals surface area (Å²) in [4.78, 5) is 14.8. The molecule has 0 aliphatic carbocycles. The van der Waals surface area contributed by atoms with Gasteiger partial charge in [0.05, 0.1) is 0 Å². The Balaban J connectivity index is 2.30. The molecule has 0 aromatic carbocycles. The van der Waals surface area contributed by atoms with Gasteiger partial charge in [-0.2, -0.15) is 0 Å². The van der Waals surface area contributed by atoms with E-state index < -0.39 is 0 Å². The van der Waals surface area contributed by atoms with Gasteiger partial charge in [0, 0.05) is 25.9 Å². The van der Waals surface area contributed by atoms with E-state index in [-0.39, 0.29) is 5.91 Å². The summed E-state index contributed by atoms with van der Waals surface area (Å²) in [5.41, 5.74) is 0. The minimum atomic E-state index is 0.0512. The molecule has 0 aromatic heterocycles. The number of amides is 1. The van der Waals surface area contributed by atoms with Crippen molar-refractivity contribution in [3.05, 3.63) is 36.4 Å². The smallest absolute Gasteiger partial charge is 0.229 e. The largest absolute Gasteiger partial charge is 0.329 e. The van der Waals surface area contributed by atoms with Crippen molar-refractivity contribution in [3.8, 4) is 0 Å². The van der Waals surface area contributed by atoms with Gasteiger partial charge in [-0.1, -0.05) is 12.2 Å². The summed E-state index contributed by atoms with van der Waals surface area (Å²) in [5.74, 6) is 1.00. The predicted octanol–water partition coefficient (Wildman–Crippen LogP) is 1.03. The Bertz CT molecular complexity index is 302. The molecule has 0 bridgehead atoms. The lowest BCUT2D eigenvalue weighted by Gasteiger charge is -2.23. The molecular weight excluding hydrogens is 152 g/mol. The number of nitrogens with zero attached hydrogens (tertiary/aromatic N) is 2. The van der Waals surface area contributed by atoms with E-state index in [9.17, 15) is 4.79 Å². The number of hydrogen-bond donors (Lipinski definition) is 0. The average molecular weight is 162 g/mol. The van der Waals surface area contributed by atoms with Crippen molar-refractivity contribution in [2.24, 2.45) is 0 Å². The predicted molar refractivity (Wildman–Crippen MR) is 45.6 cm³/mol. The highest BCUT2D eigenvalue weighted by Gasteiger charge is 2.22. The third-order valence-electron chi connectivity index (χ3n) is 1.96. The first kappa shape index (κ1) is 7.16. The van der Waals surface area contributed by atoms with Gasteiger partial charge in [-0.3, -0.25) is 9.69 Å². The van der Waals surface area contributed by atoms with Crippen LogP contribution in [0.3, 0.4) is 0 Å². The summed E-state index contributed by atoms with van der Waals surface area (Å²) in [6.07, 6.45) is 9.66. The zero-order chi connectivity index (χ0) is 8.55. The summed E-state index contributed by atoms with van der Waals surface area (Å²) < 4.78 is 0. The first-order valence-electron chi connectivity index (χ1n) is 3.90. The maximum absolute atomic E-state index is 11.1. The summed E-state index contributed by atoms with van der Waals surface area (Å²) in [6, 6.07) is 0. The Morgan fingerprint density at radius 1 is 1.50 bits per heavy atom. The maximum Gasteiger partial charge on any atom is 0.229 e. The topological polar surface area (TPSA) is 23.6 Å². The highest BCUT2D eigenvalue weighted by atomic mass is 16.2. The highest BCUT2D eigenvalue weighted by Crippen LogP contribution is 2.21. The van der Waals surface area contributed by atoms with E-state index in [0.717, 1.165) is 12.4 Å². The first-order valence-corrected chi connectivity index (χ1v) is 3.90. The van der Waals surface area contributed by atoms with Gasteiger partial charge in [0.2, 0.25) is 5.91 Å². The molecule has 2 aliphatic heterocycles. The van der Waals surface area contributed by atoms with Gasteiger partial charge in [-0.05, 0) is 6.08 Å². The molecule has 3 heteroatoms. The van der Waals surface area contributed by atoms with Crippen LogP contribution >= 0.6 is 0 Å². The van der Waals surface area contributed by atoms with E-state index in [1.807, 2.05) is 23.3 Å². The fourth-order valence-corrected chi connectivity index (χ4v) is 1.36. The molecule has 0 fully saturated rings. The van der Waals surface area contributed by atoms with Gasteiger partial charge in [0.25, 0.3) is 0 Å². The molecule has 0 aromatic rings. The quantitative estimate of drug-likeness (QED) is 0.531. The Labute approximate surface area is 71.3 Å². The lowest BCUT2D eigenvalue weighted by molar-refractivity contribution is -0.125. The molecule has 62 valence electrons. The van der Waals surface area contributed by atoms with Crippen LogP contribution in [0.15, 0.2) is 36.4 Å². The van der Waals surface area contributed by atoms with E-state index in [1.54, 1.807) is 18.0 Å². The molecule has 0 radical (unpaired) electrons. The minimum absolute atomic E-state index is 0.0512. The number of hydrogen-bond acceptors (Lipinski definition) is 2. The van der Waals surface area contributed by atoms with Crippen LogP contribution in [0.25, 0.3) is 0 Å². The third kappa shape index (κ3) is 0.942. The van der Waals surface area contributed by atoms with Gasteiger partial charge in [0.1, 0.15) is 5.82 Å². The fourth-order valence-electron chi connectivity index (χ4n) is 1.36. The van der Waals surface area contributed by atoms with Crippen LogP contribution < -0.4 is 0 Å². The van der Waals surface area contributed by atoms with E-state index in [4.69, 9.17) is 0 Å². The zero-order valence-electron chi connectivity index (χ0n) is 6.90. The molecule has 2 heterocycles. The van der Waals surface area contributed by atoms with Gasteiger partial charge >= 0.3 is 0 Å². The van der Waals surface area contributed by atoms with Crippen LogP contribution in [-0.4, -0.2) is 22.3 Å². The fraction of sp³-hybridized carbons (Fsp3) is 0.222. The minimum Gasteiger partial charge on any atom is -0.329 e. The Morgan fingerprint density at radius 3 is 3.08 bits per heavy atom. The highest BCUT2D eigenvalue weighted by molar-refractivity contribution is 5.77. The monoisotopic (exact) mass is 162 g/mol. The van der Waals surface area contributed by atoms with Crippen LogP contribution in [0.5, 0.6) is 0 Å². The van der Waals surface area contributed by atoms with Crippen LogP contribution in [0.4, 0.5) is 0 Å². The molecule has 2 rings (SSSR count). The second-order valence-corrected chi connectivity index (χ2v) is 2.79. The molecule has 12 heavy (non-hydrogen) atoms. The van der Waals surface area contributed by atoms with Gasteiger partial charge in [0.15, 0.2) is 0 Å². The normalized spacial score (nSPS) is 19.6. The molecule has 0 unspecified atom stereocenters. The molecule has 3 nitrogen and oxygen atoms in total.